The molecule has 0 heterocycles. The summed E-state index contributed by atoms with van der Waals surface area (Å²) in [4.78, 5) is 0. The maximum Gasteiger partial charge on any atom is 0.122 e. The Bertz CT molecular complexity index is 199. The molecule has 62 valence electrons. The monoisotopic (exact) mass is 154 g/mol. The quantitative estimate of drug-likeness (QED) is 0.602. The fourth-order valence-electron chi connectivity index (χ4n) is 0.612. The van der Waals surface area contributed by atoms with Gasteiger partial charge in [-0.05, 0) is 19.1 Å². The van der Waals surface area contributed by atoms with Gasteiger partial charge in [-0.2, -0.15) is 0 Å². The summed E-state index contributed by atoms with van der Waals surface area (Å²) in [5.74, 6) is 0.269. The van der Waals surface area contributed by atoms with Crippen LogP contribution in [0.1, 0.15) is 19.4 Å². The summed E-state index contributed by atoms with van der Waals surface area (Å²) in [5.41, 5.74) is 0.525. The van der Waals surface area contributed by atoms with Crippen LogP contribution in [-0.2, 0) is 0 Å². The molecule has 11 heavy (non-hydrogen) atoms. The molecule has 2 heteroatoms. The SMILES string of the molecule is CC.Cc1c(O)cccc1O. The van der Waals surface area contributed by atoms with Gasteiger partial charge >= 0.3 is 0 Å². The van der Waals surface area contributed by atoms with Crippen molar-refractivity contribution in [2.24, 2.45) is 0 Å². The molecule has 0 fully saturated rings. The molecule has 0 aliphatic carbocycles. The van der Waals surface area contributed by atoms with E-state index in [-0.39, 0.29) is 11.5 Å². The number of phenolic OH excluding ortho intramolecular Hbond substituents is 2. The average molecular weight is 154 g/mol. The Morgan fingerprint density at radius 2 is 1.36 bits per heavy atom. The molecule has 1 aromatic carbocycles. The van der Waals surface area contributed by atoms with Gasteiger partial charge in [0.05, 0.1) is 0 Å². The van der Waals surface area contributed by atoms with E-state index < -0.39 is 0 Å². The summed E-state index contributed by atoms with van der Waals surface area (Å²) in [6, 6.07) is 4.67. The Hall–Kier alpha value is -1.18. The Labute approximate surface area is 67.1 Å². The minimum absolute atomic E-state index is 0.134. The fraction of sp³-hybridized carbons (Fsp3) is 0.333. The van der Waals surface area contributed by atoms with E-state index in [1.54, 1.807) is 13.0 Å². The van der Waals surface area contributed by atoms with E-state index in [1.165, 1.54) is 12.1 Å². The fourth-order valence-corrected chi connectivity index (χ4v) is 0.612. The van der Waals surface area contributed by atoms with Gasteiger partial charge in [0.15, 0.2) is 0 Å². The lowest BCUT2D eigenvalue weighted by molar-refractivity contribution is 0.443. The van der Waals surface area contributed by atoms with Crippen molar-refractivity contribution in [1.82, 2.24) is 0 Å². The van der Waals surface area contributed by atoms with Gasteiger partial charge in [0, 0.05) is 5.56 Å². The minimum Gasteiger partial charge on any atom is -0.508 e. The Morgan fingerprint density at radius 1 is 1.00 bits per heavy atom. The zero-order chi connectivity index (χ0) is 8.85. The molecule has 1 rings (SSSR count). The highest BCUT2D eigenvalue weighted by Gasteiger charge is 1.97. The van der Waals surface area contributed by atoms with Crippen LogP contribution in [-0.4, -0.2) is 10.2 Å². The molecule has 2 N–H and O–H groups in total. The van der Waals surface area contributed by atoms with E-state index in [9.17, 15) is 0 Å². The minimum atomic E-state index is 0.134. The third-order valence-electron chi connectivity index (χ3n) is 1.28. The van der Waals surface area contributed by atoms with Crippen LogP contribution in [0.4, 0.5) is 0 Å². The van der Waals surface area contributed by atoms with E-state index in [2.05, 4.69) is 0 Å². The molecule has 0 spiro atoms. The standard InChI is InChI=1S/C7H8O2.C2H6/c1-5-6(8)3-2-4-7(5)9;1-2/h2-4,8-9H,1H3;1-2H3. The van der Waals surface area contributed by atoms with E-state index >= 15 is 0 Å². The van der Waals surface area contributed by atoms with E-state index in [1.807, 2.05) is 13.8 Å². The largest absolute Gasteiger partial charge is 0.508 e. The average Bonchev–Trinajstić information content (AvgIpc) is 2.04. The van der Waals surface area contributed by atoms with Crippen LogP contribution in [0.5, 0.6) is 11.5 Å². The second kappa shape index (κ2) is 4.61. The molecule has 2 nitrogen and oxygen atoms in total. The van der Waals surface area contributed by atoms with Crippen molar-refractivity contribution < 1.29 is 10.2 Å². The van der Waals surface area contributed by atoms with E-state index in [4.69, 9.17) is 10.2 Å². The number of aromatic hydroxyl groups is 2. The first-order chi connectivity index (χ1) is 5.22. The highest BCUT2D eigenvalue weighted by molar-refractivity contribution is 5.41. The summed E-state index contributed by atoms with van der Waals surface area (Å²) < 4.78 is 0. The molecule has 1 aromatic rings. The predicted octanol–water partition coefficient (Wildman–Crippen LogP) is 2.43. The number of benzene rings is 1. The molecule has 0 saturated heterocycles. The normalized spacial score (nSPS) is 8.27. The van der Waals surface area contributed by atoms with Crippen molar-refractivity contribution in [3.63, 3.8) is 0 Å². The maximum absolute atomic E-state index is 8.94. The third kappa shape index (κ3) is 2.50. The Balaban J connectivity index is 0.000000461. The van der Waals surface area contributed by atoms with E-state index in [0.29, 0.717) is 5.56 Å². The maximum atomic E-state index is 8.94. The van der Waals surface area contributed by atoms with Crippen molar-refractivity contribution in [3.8, 4) is 11.5 Å². The first-order valence-corrected chi connectivity index (χ1v) is 3.69. The molecule has 0 aromatic heterocycles. The molecule has 0 saturated carbocycles. The molecular weight excluding hydrogens is 140 g/mol. The van der Waals surface area contributed by atoms with Gasteiger partial charge in [-0.1, -0.05) is 19.9 Å². The molecule has 0 aliphatic heterocycles. The van der Waals surface area contributed by atoms with Crippen molar-refractivity contribution in [3.05, 3.63) is 23.8 Å². The Kier molecular flexibility index (Phi) is 4.11. The van der Waals surface area contributed by atoms with Gasteiger partial charge in [0.2, 0.25) is 0 Å². The van der Waals surface area contributed by atoms with Gasteiger partial charge in [0.25, 0.3) is 0 Å². The van der Waals surface area contributed by atoms with Crippen LogP contribution in [0.2, 0.25) is 0 Å². The number of phenols is 2. The smallest absolute Gasteiger partial charge is 0.122 e. The summed E-state index contributed by atoms with van der Waals surface area (Å²) >= 11 is 0. The van der Waals surface area contributed by atoms with Crippen LogP contribution < -0.4 is 0 Å². The van der Waals surface area contributed by atoms with Gasteiger partial charge in [-0.15, -0.1) is 0 Å². The molecule has 0 amide bonds. The molecule has 0 atom stereocenters. The van der Waals surface area contributed by atoms with Crippen LogP contribution in [0, 0.1) is 6.92 Å². The van der Waals surface area contributed by atoms with Crippen molar-refractivity contribution >= 4 is 0 Å². The predicted molar refractivity (Wildman–Crippen MR) is 45.9 cm³/mol. The summed E-state index contributed by atoms with van der Waals surface area (Å²) in [6.07, 6.45) is 0. The highest BCUT2D eigenvalue weighted by atomic mass is 16.3. The molecule has 0 unspecified atom stereocenters. The van der Waals surface area contributed by atoms with Gasteiger partial charge in [-0.3, -0.25) is 0 Å². The second-order valence-electron chi connectivity index (χ2n) is 1.92. The lowest BCUT2D eigenvalue weighted by atomic mass is 10.2. The van der Waals surface area contributed by atoms with Gasteiger partial charge in [-0.25, -0.2) is 0 Å². The number of hydrogen-bond acceptors (Lipinski definition) is 2. The highest BCUT2D eigenvalue weighted by Crippen LogP contribution is 2.23. The van der Waals surface area contributed by atoms with Crippen molar-refractivity contribution in [2.75, 3.05) is 0 Å². The first-order valence-electron chi connectivity index (χ1n) is 3.69. The number of rotatable bonds is 0. The lowest BCUT2D eigenvalue weighted by Gasteiger charge is -1.98. The van der Waals surface area contributed by atoms with Crippen molar-refractivity contribution in [2.45, 2.75) is 20.8 Å². The zero-order valence-electron chi connectivity index (χ0n) is 7.13. The third-order valence-corrected chi connectivity index (χ3v) is 1.28. The van der Waals surface area contributed by atoms with Gasteiger partial charge < -0.3 is 10.2 Å². The van der Waals surface area contributed by atoms with Crippen LogP contribution in [0.3, 0.4) is 0 Å². The number of hydrogen-bond donors (Lipinski definition) is 2. The van der Waals surface area contributed by atoms with E-state index in [0.717, 1.165) is 0 Å². The van der Waals surface area contributed by atoms with Crippen molar-refractivity contribution in [1.29, 1.82) is 0 Å². The summed E-state index contributed by atoms with van der Waals surface area (Å²) in [5, 5.41) is 17.9. The first kappa shape index (κ1) is 9.82. The second-order valence-corrected chi connectivity index (χ2v) is 1.92. The topological polar surface area (TPSA) is 40.5 Å². The molecule has 0 radical (unpaired) electrons. The van der Waals surface area contributed by atoms with Crippen LogP contribution in [0.25, 0.3) is 0 Å². The van der Waals surface area contributed by atoms with Crippen LogP contribution in [0.15, 0.2) is 18.2 Å². The molecule has 0 bridgehead atoms. The van der Waals surface area contributed by atoms with Gasteiger partial charge in [0.1, 0.15) is 11.5 Å². The molecular formula is C9H14O2. The lowest BCUT2D eigenvalue weighted by Crippen LogP contribution is -1.73. The summed E-state index contributed by atoms with van der Waals surface area (Å²) in [6.45, 7) is 5.66. The van der Waals surface area contributed by atoms with Crippen LogP contribution >= 0.6 is 0 Å². The Morgan fingerprint density at radius 3 is 1.64 bits per heavy atom. The zero-order valence-corrected chi connectivity index (χ0v) is 7.13. The summed E-state index contributed by atoms with van der Waals surface area (Å²) in [7, 11) is 0. The molecule has 0 aliphatic rings.